The highest BCUT2D eigenvalue weighted by Crippen LogP contribution is 2.44. The van der Waals surface area contributed by atoms with E-state index in [1.54, 1.807) is 36.4 Å². The monoisotopic (exact) mass is 405 g/mol. The van der Waals surface area contributed by atoms with E-state index in [4.69, 9.17) is 24.7 Å². The van der Waals surface area contributed by atoms with Gasteiger partial charge >= 0.3 is 0 Å². The third kappa shape index (κ3) is 3.28. The molecule has 130 valence electrons. The fourth-order valence-electron chi connectivity index (χ4n) is 2.50. The number of halogens is 1. The molecule has 2 N–H and O–H groups in total. The maximum absolute atomic E-state index is 12.6. The fourth-order valence-corrected chi connectivity index (χ4v) is 2.98. The van der Waals surface area contributed by atoms with Crippen molar-refractivity contribution in [2.75, 3.05) is 26.7 Å². The predicted octanol–water partition coefficient (Wildman–Crippen LogP) is 3.63. The van der Waals surface area contributed by atoms with E-state index in [0.717, 1.165) is 0 Å². The molecule has 3 rings (SSSR count). The Morgan fingerprint density at radius 2 is 2.00 bits per heavy atom. The van der Waals surface area contributed by atoms with Crippen molar-refractivity contribution < 1.29 is 23.7 Å². The van der Waals surface area contributed by atoms with Gasteiger partial charge in [0.2, 0.25) is 12.5 Å². The van der Waals surface area contributed by atoms with E-state index in [1.807, 2.05) is 0 Å². The van der Waals surface area contributed by atoms with Crippen LogP contribution in [0.1, 0.15) is 15.9 Å². The van der Waals surface area contributed by atoms with E-state index in [9.17, 15) is 4.79 Å². The number of carbonyl (C=O) groups excluding carboxylic acids is 1. The molecule has 0 spiro atoms. The minimum atomic E-state index is -0.214. The average molecular weight is 406 g/mol. The summed E-state index contributed by atoms with van der Waals surface area (Å²) in [6.45, 7) is 0.143. The van der Waals surface area contributed by atoms with Crippen molar-refractivity contribution in [1.29, 1.82) is 0 Å². The molecule has 0 radical (unpaired) electrons. The van der Waals surface area contributed by atoms with Gasteiger partial charge in [-0.15, -0.1) is 0 Å². The number of Topliss-reactive ketones (excluding diaryl/α,β-unsaturated/α-hetero) is 1. The molecule has 0 aliphatic carbocycles. The highest BCUT2D eigenvalue weighted by atomic mass is 79.9. The summed E-state index contributed by atoms with van der Waals surface area (Å²) < 4.78 is 21.6. The van der Waals surface area contributed by atoms with Gasteiger partial charge in [-0.2, -0.15) is 0 Å². The molecule has 1 heterocycles. The van der Waals surface area contributed by atoms with Crippen LogP contribution in [0.15, 0.2) is 34.8 Å². The summed E-state index contributed by atoms with van der Waals surface area (Å²) in [6, 6.07) is 8.46. The molecule has 1 aliphatic heterocycles. The molecular weight excluding hydrogens is 390 g/mol. The Bertz CT molecular complexity index is 863. The number of rotatable bonds is 5. The first-order valence-electron chi connectivity index (χ1n) is 7.37. The van der Waals surface area contributed by atoms with E-state index in [2.05, 4.69) is 15.9 Å². The van der Waals surface area contributed by atoms with Crippen molar-refractivity contribution in [2.24, 2.45) is 0 Å². The Morgan fingerprint density at radius 3 is 2.68 bits per heavy atom. The van der Waals surface area contributed by atoms with E-state index in [-0.39, 0.29) is 12.6 Å². The van der Waals surface area contributed by atoms with Crippen molar-refractivity contribution in [3.63, 3.8) is 0 Å². The molecule has 0 atom stereocenters. The zero-order valence-electron chi connectivity index (χ0n) is 13.7. The number of nitrogen functional groups attached to an aromatic ring is 1. The molecule has 2 aromatic carbocycles. The Morgan fingerprint density at radius 1 is 1.20 bits per heavy atom. The summed E-state index contributed by atoms with van der Waals surface area (Å²) in [6.07, 6.45) is 1.67. The number of hydrogen-bond acceptors (Lipinski definition) is 6. The summed E-state index contributed by atoms with van der Waals surface area (Å²) in [5.74, 6) is 1.95. The summed E-state index contributed by atoms with van der Waals surface area (Å²) in [5, 5.41) is 0. The van der Waals surface area contributed by atoms with Crippen molar-refractivity contribution in [3.05, 3.63) is 45.9 Å². The Hall–Kier alpha value is -2.67. The number of hydrogen-bond donors (Lipinski definition) is 1. The minimum Gasteiger partial charge on any atom is -0.495 e. The summed E-state index contributed by atoms with van der Waals surface area (Å²) in [5.41, 5.74) is 7.40. The van der Waals surface area contributed by atoms with Gasteiger partial charge in [-0.25, -0.2) is 0 Å². The second-order valence-corrected chi connectivity index (χ2v) is 6.05. The van der Waals surface area contributed by atoms with Gasteiger partial charge in [-0.1, -0.05) is 0 Å². The lowest BCUT2D eigenvalue weighted by atomic mass is 10.1. The summed E-state index contributed by atoms with van der Waals surface area (Å²) in [7, 11) is 3.06. The summed E-state index contributed by atoms with van der Waals surface area (Å²) in [4.78, 5) is 12.6. The van der Waals surface area contributed by atoms with Gasteiger partial charge in [-0.05, 0) is 52.3 Å². The van der Waals surface area contributed by atoms with Crippen LogP contribution in [0.4, 0.5) is 5.69 Å². The zero-order chi connectivity index (χ0) is 18.0. The molecule has 2 aromatic rings. The number of carbonyl (C=O) groups is 1. The molecule has 1 aliphatic rings. The highest BCUT2D eigenvalue weighted by Gasteiger charge is 2.22. The molecule has 0 amide bonds. The Kier molecular flexibility index (Phi) is 4.85. The smallest absolute Gasteiger partial charge is 0.231 e. The van der Waals surface area contributed by atoms with E-state index in [0.29, 0.717) is 44.3 Å². The molecule has 0 saturated carbocycles. The second-order valence-electron chi connectivity index (χ2n) is 5.20. The van der Waals surface area contributed by atoms with E-state index < -0.39 is 0 Å². The number of ether oxygens (including phenoxy) is 4. The van der Waals surface area contributed by atoms with Crippen LogP contribution in [0, 0.1) is 0 Å². The second kappa shape index (κ2) is 7.06. The number of anilines is 1. The van der Waals surface area contributed by atoms with Gasteiger partial charge in [0.15, 0.2) is 17.3 Å². The van der Waals surface area contributed by atoms with E-state index in [1.165, 1.54) is 14.2 Å². The maximum atomic E-state index is 12.6. The van der Waals surface area contributed by atoms with E-state index >= 15 is 0 Å². The highest BCUT2D eigenvalue weighted by molar-refractivity contribution is 9.12. The molecule has 0 bridgehead atoms. The number of benzene rings is 2. The number of allylic oxidation sites excluding steroid dienone is 1. The molecule has 0 aromatic heterocycles. The SMILES string of the molecule is COc1ccc(C(=O)/C(Br)=C\c2ccc3c(c2OC)OCO3)cc1N. The first kappa shape index (κ1) is 17.2. The topological polar surface area (TPSA) is 80.0 Å². The van der Waals surface area contributed by atoms with Gasteiger partial charge in [-0.3, -0.25) is 4.79 Å². The fraction of sp³-hybridized carbons (Fsp3) is 0.167. The van der Waals surface area contributed by atoms with Crippen LogP contribution in [-0.4, -0.2) is 26.8 Å². The quantitative estimate of drug-likeness (QED) is 0.464. The predicted molar refractivity (Wildman–Crippen MR) is 97.8 cm³/mol. The zero-order valence-corrected chi connectivity index (χ0v) is 15.3. The lowest BCUT2D eigenvalue weighted by molar-refractivity contribution is 0.104. The maximum Gasteiger partial charge on any atom is 0.231 e. The summed E-state index contributed by atoms with van der Waals surface area (Å²) >= 11 is 3.33. The van der Waals surface area contributed by atoms with Crippen LogP contribution in [0.25, 0.3) is 6.08 Å². The van der Waals surface area contributed by atoms with Crippen molar-refractivity contribution in [3.8, 4) is 23.0 Å². The Labute approximate surface area is 153 Å². The third-order valence-corrected chi connectivity index (χ3v) is 4.31. The van der Waals surface area contributed by atoms with Gasteiger partial charge in [0.25, 0.3) is 0 Å². The normalized spacial score (nSPS) is 12.8. The molecule has 25 heavy (non-hydrogen) atoms. The first-order chi connectivity index (χ1) is 12.0. The van der Waals surface area contributed by atoms with Gasteiger partial charge < -0.3 is 24.7 Å². The number of methoxy groups -OCH3 is 2. The van der Waals surface area contributed by atoms with Gasteiger partial charge in [0.05, 0.1) is 24.4 Å². The first-order valence-corrected chi connectivity index (χ1v) is 8.16. The van der Waals surface area contributed by atoms with Crippen molar-refractivity contribution in [1.82, 2.24) is 0 Å². The molecule has 0 unspecified atom stereocenters. The molecule has 0 saturated heterocycles. The number of nitrogens with two attached hydrogens (primary N) is 1. The lowest BCUT2D eigenvalue weighted by Crippen LogP contribution is -2.01. The van der Waals surface area contributed by atoms with Crippen LogP contribution >= 0.6 is 15.9 Å². The van der Waals surface area contributed by atoms with Crippen molar-refractivity contribution in [2.45, 2.75) is 0 Å². The largest absolute Gasteiger partial charge is 0.495 e. The van der Waals surface area contributed by atoms with Crippen molar-refractivity contribution >= 4 is 33.5 Å². The minimum absolute atomic E-state index is 0.143. The number of ketones is 1. The Balaban J connectivity index is 1.94. The third-order valence-electron chi connectivity index (χ3n) is 3.72. The molecule has 6 nitrogen and oxygen atoms in total. The van der Waals surface area contributed by atoms with Crippen LogP contribution in [0.2, 0.25) is 0 Å². The number of fused-ring (bicyclic) bond motifs is 1. The molecular formula is C18H16BrNO5. The van der Waals surface area contributed by atoms with Gasteiger partial charge in [0, 0.05) is 11.1 Å². The lowest BCUT2D eigenvalue weighted by Gasteiger charge is -2.09. The van der Waals surface area contributed by atoms with Crippen LogP contribution in [0.3, 0.4) is 0 Å². The molecule has 7 heteroatoms. The van der Waals surface area contributed by atoms with Crippen LogP contribution in [-0.2, 0) is 0 Å². The average Bonchev–Trinajstić information content (AvgIpc) is 3.09. The van der Waals surface area contributed by atoms with Gasteiger partial charge in [0.1, 0.15) is 5.75 Å². The van der Waals surface area contributed by atoms with Crippen LogP contribution in [0.5, 0.6) is 23.0 Å². The van der Waals surface area contributed by atoms with Crippen LogP contribution < -0.4 is 24.7 Å². The molecule has 0 fully saturated rings. The standard InChI is InChI=1S/C18H16BrNO5/c1-22-14-5-3-10(8-13(14)20)16(21)12(19)7-11-4-6-15-18(17(11)23-2)25-9-24-15/h3-8H,9,20H2,1-2H3/b12-7+.